The molecule has 0 aromatic carbocycles. The molecule has 0 radical (unpaired) electrons. The molecule has 0 amide bonds. The van der Waals surface area contributed by atoms with Gasteiger partial charge in [0.25, 0.3) is 0 Å². The Morgan fingerprint density at radius 3 is 1.41 bits per heavy atom. The predicted octanol–water partition coefficient (Wildman–Crippen LogP) is 6.55. The van der Waals surface area contributed by atoms with Crippen molar-refractivity contribution >= 4 is 7.60 Å². The van der Waals surface area contributed by atoms with Gasteiger partial charge in [-0.25, -0.2) is 0 Å². The highest BCUT2D eigenvalue weighted by Crippen LogP contribution is 2.36. The fourth-order valence-corrected chi connectivity index (χ4v) is 3.09. The topological polar surface area (TPSA) is 57.5 Å². The van der Waals surface area contributed by atoms with Crippen LogP contribution in [0.15, 0.2) is 11.9 Å². The monoisotopic (exact) mass is 332 g/mol. The van der Waals surface area contributed by atoms with E-state index in [0.717, 1.165) is 18.7 Å². The normalized spacial score (nSPS) is 12.3. The number of unbranched alkanes of at least 4 members (excludes halogenated alkanes) is 14. The summed E-state index contributed by atoms with van der Waals surface area (Å²) in [5.41, 5.74) is 0. The third-order valence-corrected chi connectivity index (χ3v) is 4.62. The Balaban J connectivity index is 3.09. The van der Waals surface area contributed by atoms with Gasteiger partial charge in [-0.1, -0.05) is 96.5 Å². The molecule has 0 aromatic heterocycles. The highest BCUT2D eigenvalue weighted by atomic mass is 31.2. The van der Waals surface area contributed by atoms with E-state index >= 15 is 0 Å². The average molecular weight is 332 g/mol. The Hall–Kier alpha value is -0.110. The molecule has 22 heavy (non-hydrogen) atoms. The Morgan fingerprint density at radius 1 is 0.682 bits per heavy atom. The first-order valence-electron chi connectivity index (χ1n) is 9.29. The molecule has 0 aliphatic rings. The minimum absolute atomic E-state index is 0.781. The molecule has 0 spiro atoms. The molecule has 0 unspecified atom stereocenters. The molecule has 0 atom stereocenters. The second-order valence-corrected chi connectivity index (χ2v) is 7.84. The largest absolute Gasteiger partial charge is 0.348 e. The standard InChI is InChI=1S/C18H37O3P/c1-2-3-4-5-6-7-8-9-10-11-12-13-14-15-16-17-18-22(19,20)21/h17-18H,2-16H2,1H3,(H2,19,20,21)/b18-17+. The van der Waals surface area contributed by atoms with Crippen LogP contribution in [0.25, 0.3) is 0 Å². The molecule has 2 N–H and O–H groups in total. The molecule has 0 aromatic rings. The second-order valence-electron chi connectivity index (χ2n) is 6.36. The van der Waals surface area contributed by atoms with Gasteiger partial charge in [0.15, 0.2) is 0 Å². The number of hydrogen-bond acceptors (Lipinski definition) is 1. The van der Waals surface area contributed by atoms with Crippen LogP contribution in [0.2, 0.25) is 0 Å². The minimum atomic E-state index is -3.93. The second kappa shape index (κ2) is 15.8. The highest BCUT2D eigenvalue weighted by Gasteiger charge is 2.04. The van der Waals surface area contributed by atoms with Crippen molar-refractivity contribution in [2.75, 3.05) is 0 Å². The van der Waals surface area contributed by atoms with Crippen molar-refractivity contribution in [3.8, 4) is 0 Å². The molecule has 0 rings (SSSR count). The highest BCUT2D eigenvalue weighted by molar-refractivity contribution is 7.55. The van der Waals surface area contributed by atoms with Gasteiger partial charge in [0.1, 0.15) is 0 Å². The molecule has 0 fully saturated rings. The summed E-state index contributed by atoms with van der Waals surface area (Å²) in [6, 6.07) is 0. The lowest BCUT2D eigenvalue weighted by molar-refractivity contribution is 0.386. The van der Waals surface area contributed by atoms with Gasteiger partial charge in [-0.05, 0) is 12.8 Å². The molecule has 0 aliphatic heterocycles. The maximum absolute atomic E-state index is 10.6. The third-order valence-electron chi connectivity index (χ3n) is 4.02. The minimum Gasteiger partial charge on any atom is -0.321 e. The van der Waals surface area contributed by atoms with Crippen LogP contribution in [-0.4, -0.2) is 9.79 Å². The SMILES string of the molecule is CCCCCCCCCCCCCCCC/C=C/P(=O)(O)O. The van der Waals surface area contributed by atoms with Crippen molar-refractivity contribution in [3.05, 3.63) is 11.9 Å². The summed E-state index contributed by atoms with van der Waals surface area (Å²) < 4.78 is 10.6. The van der Waals surface area contributed by atoms with E-state index in [4.69, 9.17) is 9.79 Å². The average Bonchev–Trinajstić information content (AvgIpc) is 2.45. The zero-order valence-corrected chi connectivity index (χ0v) is 15.4. The molecular formula is C18H37O3P. The number of rotatable bonds is 16. The van der Waals surface area contributed by atoms with Crippen molar-refractivity contribution in [1.29, 1.82) is 0 Å². The van der Waals surface area contributed by atoms with Crippen molar-refractivity contribution < 1.29 is 14.4 Å². The van der Waals surface area contributed by atoms with Gasteiger partial charge in [-0.2, -0.15) is 0 Å². The van der Waals surface area contributed by atoms with Crippen LogP contribution in [0.3, 0.4) is 0 Å². The fourth-order valence-electron chi connectivity index (χ4n) is 2.67. The van der Waals surface area contributed by atoms with E-state index in [1.54, 1.807) is 6.08 Å². The fraction of sp³-hybridized carbons (Fsp3) is 0.889. The summed E-state index contributed by atoms with van der Waals surface area (Å²) in [5.74, 6) is 1.02. The molecule has 0 saturated heterocycles. The summed E-state index contributed by atoms with van der Waals surface area (Å²) in [6.07, 6.45) is 21.1. The van der Waals surface area contributed by atoms with E-state index in [0.29, 0.717) is 0 Å². The van der Waals surface area contributed by atoms with Crippen LogP contribution in [0, 0.1) is 0 Å². The molecule has 0 saturated carbocycles. The lowest BCUT2D eigenvalue weighted by Gasteiger charge is -2.02. The van der Waals surface area contributed by atoms with Crippen molar-refractivity contribution in [1.82, 2.24) is 0 Å². The van der Waals surface area contributed by atoms with Gasteiger partial charge in [-0.15, -0.1) is 0 Å². The molecule has 3 nitrogen and oxygen atoms in total. The van der Waals surface area contributed by atoms with Crippen LogP contribution < -0.4 is 0 Å². The Morgan fingerprint density at radius 2 is 1.05 bits per heavy atom. The van der Waals surface area contributed by atoms with Gasteiger partial charge >= 0.3 is 7.60 Å². The smallest absolute Gasteiger partial charge is 0.321 e. The summed E-state index contributed by atoms with van der Waals surface area (Å²) in [6.45, 7) is 2.26. The van der Waals surface area contributed by atoms with Gasteiger partial charge in [0.05, 0.1) is 0 Å². The van der Waals surface area contributed by atoms with Crippen molar-refractivity contribution in [2.24, 2.45) is 0 Å². The Bertz CT molecular complexity index is 297. The summed E-state index contributed by atoms with van der Waals surface area (Å²) in [7, 11) is -3.93. The van der Waals surface area contributed by atoms with Gasteiger partial charge in [0, 0.05) is 5.82 Å². The molecule has 0 bridgehead atoms. The summed E-state index contributed by atoms with van der Waals surface area (Å²) in [5, 5.41) is 0. The van der Waals surface area contributed by atoms with E-state index in [-0.39, 0.29) is 0 Å². The van der Waals surface area contributed by atoms with Crippen LogP contribution >= 0.6 is 7.60 Å². The lowest BCUT2D eigenvalue weighted by atomic mass is 10.0. The Kier molecular flexibility index (Phi) is 15.7. The maximum Gasteiger partial charge on any atom is 0.348 e. The number of allylic oxidation sites excluding steroid dienone is 1. The first-order valence-corrected chi connectivity index (χ1v) is 11.0. The zero-order chi connectivity index (χ0) is 16.5. The van der Waals surface area contributed by atoms with E-state index < -0.39 is 7.60 Å². The quantitative estimate of drug-likeness (QED) is 0.249. The van der Waals surface area contributed by atoms with Crippen molar-refractivity contribution in [2.45, 2.75) is 103 Å². The maximum atomic E-state index is 10.6. The van der Waals surface area contributed by atoms with E-state index in [2.05, 4.69) is 6.92 Å². The molecule has 0 heterocycles. The molecule has 132 valence electrons. The number of hydrogen-bond donors (Lipinski definition) is 2. The van der Waals surface area contributed by atoms with Gasteiger partial charge < -0.3 is 9.79 Å². The third kappa shape index (κ3) is 19.9. The van der Waals surface area contributed by atoms with E-state index in [9.17, 15) is 4.57 Å². The Labute approximate surface area is 137 Å². The van der Waals surface area contributed by atoms with Gasteiger partial charge in [0.2, 0.25) is 0 Å². The lowest BCUT2D eigenvalue weighted by Crippen LogP contribution is -1.83. The van der Waals surface area contributed by atoms with Crippen LogP contribution in [0.1, 0.15) is 103 Å². The van der Waals surface area contributed by atoms with Crippen LogP contribution in [0.5, 0.6) is 0 Å². The molecule has 4 heteroatoms. The molecule has 0 aliphatic carbocycles. The van der Waals surface area contributed by atoms with E-state index in [1.807, 2.05) is 0 Å². The summed E-state index contributed by atoms with van der Waals surface area (Å²) in [4.78, 5) is 17.3. The first kappa shape index (κ1) is 21.9. The van der Waals surface area contributed by atoms with Crippen LogP contribution in [-0.2, 0) is 4.57 Å². The predicted molar refractivity (Wildman–Crippen MR) is 96.1 cm³/mol. The van der Waals surface area contributed by atoms with E-state index in [1.165, 1.54) is 83.5 Å². The molecular weight excluding hydrogens is 295 g/mol. The first-order chi connectivity index (χ1) is 10.6. The van der Waals surface area contributed by atoms with Crippen molar-refractivity contribution in [3.63, 3.8) is 0 Å². The summed E-state index contributed by atoms with van der Waals surface area (Å²) >= 11 is 0. The van der Waals surface area contributed by atoms with Crippen LogP contribution in [0.4, 0.5) is 0 Å². The van der Waals surface area contributed by atoms with Gasteiger partial charge in [-0.3, -0.25) is 4.57 Å². The zero-order valence-electron chi connectivity index (χ0n) is 14.5.